The van der Waals surface area contributed by atoms with E-state index in [4.69, 9.17) is 4.74 Å². The molecule has 1 amide bonds. The summed E-state index contributed by atoms with van der Waals surface area (Å²) in [5.74, 6) is 0.195. The maximum absolute atomic E-state index is 11.8. The van der Waals surface area contributed by atoms with Crippen molar-refractivity contribution >= 4 is 5.91 Å². The summed E-state index contributed by atoms with van der Waals surface area (Å²) in [6, 6.07) is 0. The fourth-order valence-corrected chi connectivity index (χ4v) is 1.81. The predicted octanol–water partition coefficient (Wildman–Crippen LogP) is 1.72. The molecule has 1 aliphatic heterocycles. The molecule has 0 aromatic rings. The quantitative estimate of drug-likeness (QED) is 0.735. The first-order chi connectivity index (χ1) is 6.44. The third kappa shape index (κ3) is 2.98. The minimum atomic E-state index is -0.141. The van der Waals surface area contributed by atoms with Gasteiger partial charge in [0.2, 0.25) is 5.91 Å². The van der Waals surface area contributed by atoms with Crippen molar-refractivity contribution in [3.05, 3.63) is 0 Å². The highest BCUT2D eigenvalue weighted by Gasteiger charge is 2.33. The summed E-state index contributed by atoms with van der Waals surface area (Å²) in [6.07, 6.45) is 1.90. The van der Waals surface area contributed by atoms with Crippen LogP contribution in [0.1, 0.15) is 40.5 Å². The average molecular weight is 199 g/mol. The Morgan fingerprint density at radius 2 is 2.14 bits per heavy atom. The number of hydrogen-bond acceptors (Lipinski definition) is 2. The number of rotatable bonds is 2. The van der Waals surface area contributed by atoms with Crippen molar-refractivity contribution in [1.82, 2.24) is 5.32 Å². The van der Waals surface area contributed by atoms with Gasteiger partial charge in [0.25, 0.3) is 0 Å². The van der Waals surface area contributed by atoms with Crippen LogP contribution in [0.4, 0.5) is 0 Å². The molecular weight excluding hydrogens is 178 g/mol. The minimum Gasteiger partial charge on any atom is -0.377 e. The highest BCUT2D eigenvalue weighted by molar-refractivity contribution is 5.80. The molecule has 3 heteroatoms. The van der Waals surface area contributed by atoms with Crippen molar-refractivity contribution < 1.29 is 9.53 Å². The zero-order chi connectivity index (χ0) is 10.8. The van der Waals surface area contributed by atoms with Crippen molar-refractivity contribution in [2.24, 2.45) is 5.92 Å². The Morgan fingerprint density at radius 3 is 2.64 bits per heavy atom. The van der Waals surface area contributed by atoms with E-state index in [1.807, 2.05) is 20.8 Å². The number of hydrogen-bond donors (Lipinski definition) is 1. The van der Waals surface area contributed by atoms with Gasteiger partial charge in [0.1, 0.15) is 0 Å². The average Bonchev–Trinajstić information content (AvgIpc) is 2.47. The first kappa shape index (κ1) is 11.5. The second kappa shape index (κ2) is 4.30. The number of amides is 1. The third-order valence-corrected chi connectivity index (χ3v) is 2.45. The molecule has 0 spiro atoms. The number of ether oxygens (including phenoxy) is 1. The van der Waals surface area contributed by atoms with E-state index in [9.17, 15) is 4.79 Å². The lowest BCUT2D eigenvalue weighted by Gasteiger charge is -2.24. The van der Waals surface area contributed by atoms with Crippen LogP contribution in [0, 0.1) is 5.92 Å². The van der Waals surface area contributed by atoms with E-state index in [-0.39, 0.29) is 23.5 Å². The fraction of sp³-hybridized carbons (Fsp3) is 0.909. The molecule has 0 aliphatic carbocycles. The van der Waals surface area contributed by atoms with E-state index >= 15 is 0 Å². The zero-order valence-electron chi connectivity index (χ0n) is 9.59. The Kier molecular flexibility index (Phi) is 3.53. The van der Waals surface area contributed by atoms with Crippen LogP contribution in [-0.2, 0) is 9.53 Å². The van der Waals surface area contributed by atoms with E-state index in [0.29, 0.717) is 0 Å². The van der Waals surface area contributed by atoms with Crippen molar-refractivity contribution in [3.8, 4) is 0 Å². The van der Waals surface area contributed by atoms with Gasteiger partial charge in [0.15, 0.2) is 0 Å². The van der Waals surface area contributed by atoms with Crippen LogP contribution in [0.3, 0.4) is 0 Å². The lowest BCUT2D eigenvalue weighted by Crippen LogP contribution is -2.45. The molecule has 1 N–H and O–H groups in total. The lowest BCUT2D eigenvalue weighted by molar-refractivity contribution is -0.128. The second-order valence-electron chi connectivity index (χ2n) is 4.95. The summed E-state index contributed by atoms with van der Waals surface area (Å²) < 4.78 is 5.49. The number of nitrogens with one attached hydrogen (secondary N) is 1. The molecule has 2 unspecified atom stereocenters. The normalized spacial score (nSPS) is 27.7. The fourth-order valence-electron chi connectivity index (χ4n) is 1.81. The first-order valence-electron chi connectivity index (χ1n) is 5.37. The van der Waals surface area contributed by atoms with Crippen LogP contribution < -0.4 is 5.32 Å². The summed E-state index contributed by atoms with van der Waals surface area (Å²) in [5.41, 5.74) is -0.141. The molecule has 0 saturated carbocycles. The summed E-state index contributed by atoms with van der Waals surface area (Å²) in [7, 11) is 0. The van der Waals surface area contributed by atoms with E-state index < -0.39 is 0 Å². The first-order valence-corrected chi connectivity index (χ1v) is 5.37. The van der Waals surface area contributed by atoms with Crippen molar-refractivity contribution in [1.29, 1.82) is 0 Å². The number of carbonyl (C=O) groups excluding carboxylic acids is 1. The molecule has 1 rings (SSSR count). The van der Waals surface area contributed by atoms with Gasteiger partial charge in [-0.1, -0.05) is 6.92 Å². The number of carbonyl (C=O) groups is 1. The van der Waals surface area contributed by atoms with Gasteiger partial charge in [-0.2, -0.15) is 0 Å². The highest BCUT2D eigenvalue weighted by atomic mass is 16.5. The Bertz CT molecular complexity index is 208. The second-order valence-corrected chi connectivity index (χ2v) is 4.95. The smallest absolute Gasteiger partial charge is 0.226 e. The molecule has 3 nitrogen and oxygen atoms in total. The van der Waals surface area contributed by atoms with Gasteiger partial charge in [0.05, 0.1) is 12.0 Å². The SMILES string of the molecule is CCC1OCCC1C(=O)NC(C)(C)C. The summed E-state index contributed by atoms with van der Waals surface area (Å²) >= 11 is 0. The minimum absolute atomic E-state index is 0.0548. The van der Waals surface area contributed by atoms with Crippen LogP contribution in [0.2, 0.25) is 0 Å². The molecule has 0 aromatic carbocycles. The summed E-state index contributed by atoms with van der Waals surface area (Å²) in [5, 5.41) is 3.01. The van der Waals surface area contributed by atoms with Crippen LogP contribution in [-0.4, -0.2) is 24.2 Å². The standard InChI is InChI=1S/C11H21NO2/c1-5-9-8(6-7-14-9)10(13)12-11(2,3)4/h8-9H,5-7H2,1-4H3,(H,12,13). The molecule has 0 radical (unpaired) electrons. The highest BCUT2D eigenvalue weighted by Crippen LogP contribution is 2.24. The molecule has 1 fully saturated rings. The van der Waals surface area contributed by atoms with Crippen LogP contribution >= 0.6 is 0 Å². The van der Waals surface area contributed by atoms with E-state index in [1.54, 1.807) is 0 Å². The molecule has 82 valence electrons. The molecule has 14 heavy (non-hydrogen) atoms. The monoisotopic (exact) mass is 199 g/mol. The van der Waals surface area contributed by atoms with Crippen LogP contribution in [0.15, 0.2) is 0 Å². The van der Waals surface area contributed by atoms with E-state index in [1.165, 1.54) is 0 Å². The van der Waals surface area contributed by atoms with E-state index in [0.717, 1.165) is 19.4 Å². The van der Waals surface area contributed by atoms with Gasteiger partial charge < -0.3 is 10.1 Å². The zero-order valence-corrected chi connectivity index (χ0v) is 9.59. The lowest BCUT2D eigenvalue weighted by atomic mass is 9.97. The van der Waals surface area contributed by atoms with Crippen LogP contribution in [0.25, 0.3) is 0 Å². The van der Waals surface area contributed by atoms with Gasteiger partial charge in [-0.15, -0.1) is 0 Å². The van der Waals surface area contributed by atoms with E-state index in [2.05, 4.69) is 12.2 Å². The van der Waals surface area contributed by atoms with Gasteiger partial charge in [0, 0.05) is 12.1 Å². The maximum Gasteiger partial charge on any atom is 0.226 e. The van der Waals surface area contributed by atoms with Crippen molar-refractivity contribution in [3.63, 3.8) is 0 Å². The van der Waals surface area contributed by atoms with Gasteiger partial charge in [-0.25, -0.2) is 0 Å². The summed E-state index contributed by atoms with van der Waals surface area (Å²) in [4.78, 5) is 11.8. The predicted molar refractivity (Wildman–Crippen MR) is 56.0 cm³/mol. The molecule has 1 aliphatic rings. The molecule has 0 aromatic heterocycles. The van der Waals surface area contributed by atoms with Crippen molar-refractivity contribution in [2.45, 2.75) is 52.2 Å². The Morgan fingerprint density at radius 1 is 1.50 bits per heavy atom. The topological polar surface area (TPSA) is 38.3 Å². The Labute approximate surface area is 86.2 Å². The molecular formula is C11H21NO2. The van der Waals surface area contributed by atoms with Gasteiger partial charge >= 0.3 is 0 Å². The van der Waals surface area contributed by atoms with Gasteiger partial charge in [-0.05, 0) is 33.6 Å². The molecule has 2 atom stereocenters. The Balaban J connectivity index is 2.52. The molecule has 0 bridgehead atoms. The maximum atomic E-state index is 11.8. The summed E-state index contributed by atoms with van der Waals surface area (Å²) in [6.45, 7) is 8.79. The van der Waals surface area contributed by atoms with Gasteiger partial charge in [-0.3, -0.25) is 4.79 Å². The largest absolute Gasteiger partial charge is 0.377 e. The Hall–Kier alpha value is -0.570. The van der Waals surface area contributed by atoms with Crippen molar-refractivity contribution in [2.75, 3.05) is 6.61 Å². The van der Waals surface area contributed by atoms with Crippen LogP contribution in [0.5, 0.6) is 0 Å². The molecule has 1 heterocycles. The third-order valence-electron chi connectivity index (χ3n) is 2.45. The molecule has 1 saturated heterocycles.